The van der Waals surface area contributed by atoms with Gasteiger partial charge in [0.25, 0.3) is 0 Å². The van der Waals surface area contributed by atoms with Gasteiger partial charge in [-0.2, -0.15) is 4.31 Å². The number of rotatable bonds is 6. The quantitative estimate of drug-likeness (QED) is 0.548. The topological polar surface area (TPSA) is 110 Å². The Morgan fingerprint density at radius 2 is 1.79 bits per heavy atom. The first-order chi connectivity index (χ1) is 8.68. The van der Waals surface area contributed by atoms with E-state index in [4.69, 9.17) is 5.84 Å². The number of anilines is 1. The predicted octanol–water partition coefficient (Wildman–Crippen LogP) is -0.363. The zero-order valence-electron chi connectivity index (χ0n) is 10.7. The minimum atomic E-state index is -3.78. The number of nitrogen functional groups attached to an aromatic ring is 1. The van der Waals surface area contributed by atoms with Crippen LogP contribution in [0.2, 0.25) is 0 Å². The van der Waals surface area contributed by atoms with E-state index < -0.39 is 19.9 Å². The van der Waals surface area contributed by atoms with Gasteiger partial charge in [0.05, 0.1) is 11.4 Å². The molecule has 0 fully saturated rings. The number of hydrazine groups is 1. The minimum absolute atomic E-state index is 0.00787. The van der Waals surface area contributed by atoms with Crippen molar-refractivity contribution in [3.8, 4) is 0 Å². The lowest BCUT2D eigenvalue weighted by atomic mass is 10.3. The molecule has 0 saturated heterocycles. The van der Waals surface area contributed by atoms with Crippen molar-refractivity contribution < 1.29 is 16.8 Å². The van der Waals surface area contributed by atoms with Crippen molar-refractivity contribution in [2.75, 3.05) is 31.0 Å². The molecule has 0 aromatic heterocycles. The number of hydrogen-bond donors (Lipinski definition) is 2. The van der Waals surface area contributed by atoms with Crippen LogP contribution in [0.15, 0.2) is 29.2 Å². The number of nitrogens with one attached hydrogen (secondary N) is 1. The third kappa shape index (κ3) is 4.16. The summed E-state index contributed by atoms with van der Waals surface area (Å²) in [4.78, 5) is 0.00787. The van der Waals surface area contributed by atoms with Gasteiger partial charge in [-0.15, -0.1) is 0 Å². The van der Waals surface area contributed by atoms with Crippen LogP contribution in [-0.2, 0) is 19.9 Å². The summed E-state index contributed by atoms with van der Waals surface area (Å²) in [6.07, 6.45) is 1.06. The molecule has 7 nitrogen and oxygen atoms in total. The van der Waals surface area contributed by atoms with Gasteiger partial charge in [-0.25, -0.2) is 16.8 Å². The van der Waals surface area contributed by atoms with E-state index in [9.17, 15) is 16.8 Å². The number of benzene rings is 1. The molecule has 108 valence electrons. The summed E-state index contributed by atoms with van der Waals surface area (Å²) in [5.74, 6) is 5.03. The van der Waals surface area contributed by atoms with Crippen LogP contribution in [0.3, 0.4) is 0 Å². The van der Waals surface area contributed by atoms with Gasteiger partial charge in [-0.05, 0) is 12.1 Å². The van der Waals surface area contributed by atoms with E-state index in [1.54, 1.807) is 12.1 Å². The summed E-state index contributed by atoms with van der Waals surface area (Å²) in [6.45, 7) is -0.111. The molecule has 0 unspecified atom stereocenters. The zero-order chi connectivity index (χ0) is 14.7. The molecule has 0 atom stereocenters. The maximum Gasteiger partial charge on any atom is 0.244 e. The SMILES string of the molecule is CN(CCS(C)(=O)=O)S(=O)(=O)c1ccccc1NN. The number of nitrogens with zero attached hydrogens (tertiary/aromatic N) is 1. The summed E-state index contributed by atoms with van der Waals surface area (Å²) in [5.41, 5.74) is 2.56. The van der Waals surface area contributed by atoms with Crippen LogP contribution in [0.1, 0.15) is 0 Å². The molecule has 0 radical (unpaired) electrons. The van der Waals surface area contributed by atoms with Gasteiger partial charge < -0.3 is 5.43 Å². The fourth-order valence-corrected chi connectivity index (χ4v) is 3.44. The summed E-state index contributed by atoms with van der Waals surface area (Å²) in [6, 6.07) is 6.14. The zero-order valence-corrected chi connectivity index (χ0v) is 12.3. The molecule has 9 heteroatoms. The Hall–Kier alpha value is -1.16. The van der Waals surface area contributed by atoms with Crippen LogP contribution < -0.4 is 11.3 Å². The van der Waals surface area contributed by atoms with Gasteiger partial charge in [0.15, 0.2) is 0 Å². The van der Waals surface area contributed by atoms with Crippen LogP contribution in [0.25, 0.3) is 0 Å². The first-order valence-electron chi connectivity index (χ1n) is 5.38. The molecule has 3 N–H and O–H groups in total. The van der Waals surface area contributed by atoms with Crippen molar-refractivity contribution in [1.29, 1.82) is 0 Å². The van der Waals surface area contributed by atoms with Crippen molar-refractivity contribution in [3.05, 3.63) is 24.3 Å². The van der Waals surface area contributed by atoms with Gasteiger partial charge in [-0.3, -0.25) is 5.84 Å². The Morgan fingerprint density at radius 3 is 2.32 bits per heavy atom. The summed E-state index contributed by atoms with van der Waals surface area (Å²) in [5, 5.41) is 0. The average Bonchev–Trinajstić information content (AvgIpc) is 2.34. The molecule has 0 spiro atoms. The summed E-state index contributed by atoms with van der Waals surface area (Å²) < 4.78 is 47.7. The van der Waals surface area contributed by atoms with Gasteiger partial charge in [0.1, 0.15) is 14.7 Å². The van der Waals surface area contributed by atoms with Crippen LogP contribution in [0.5, 0.6) is 0 Å². The smallest absolute Gasteiger partial charge is 0.244 e. The van der Waals surface area contributed by atoms with Gasteiger partial charge in [0.2, 0.25) is 10.0 Å². The molecular weight excluding hydrogens is 290 g/mol. The highest BCUT2D eigenvalue weighted by Gasteiger charge is 2.24. The minimum Gasteiger partial charge on any atom is -0.323 e. The highest BCUT2D eigenvalue weighted by molar-refractivity contribution is 7.91. The second-order valence-corrected chi connectivity index (χ2v) is 8.37. The fraction of sp³-hybridized carbons (Fsp3) is 0.400. The number of para-hydroxylation sites is 1. The van der Waals surface area contributed by atoms with E-state index in [1.165, 1.54) is 19.2 Å². The van der Waals surface area contributed by atoms with Crippen LogP contribution in [0, 0.1) is 0 Å². The maximum absolute atomic E-state index is 12.3. The summed E-state index contributed by atoms with van der Waals surface area (Å²) in [7, 11) is -5.67. The van der Waals surface area contributed by atoms with E-state index in [2.05, 4.69) is 5.43 Å². The maximum atomic E-state index is 12.3. The van der Waals surface area contributed by atoms with E-state index in [-0.39, 0.29) is 22.9 Å². The average molecular weight is 307 g/mol. The normalized spacial score (nSPS) is 12.6. The number of sulfonamides is 1. The lowest BCUT2D eigenvalue weighted by Gasteiger charge is -2.18. The van der Waals surface area contributed by atoms with Crippen molar-refractivity contribution in [2.45, 2.75) is 4.90 Å². The molecule has 0 saturated carbocycles. The van der Waals surface area contributed by atoms with Crippen LogP contribution >= 0.6 is 0 Å². The van der Waals surface area contributed by atoms with E-state index in [1.807, 2.05) is 0 Å². The third-order valence-corrected chi connectivity index (χ3v) is 5.35. The molecular formula is C10H17N3O4S2. The van der Waals surface area contributed by atoms with Gasteiger partial charge in [-0.1, -0.05) is 12.1 Å². The first-order valence-corrected chi connectivity index (χ1v) is 8.88. The Bertz CT molecular complexity index is 640. The Balaban J connectivity index is 3.03. The van der Waals surface area contributed by atoms with Crippen molar-refractivity contribution in [1.82, 2.24) is 4.31 Å². The van der Waals surface area contributed by atoms with Gasteiger partial charge >= 0.3 is 0 Å². The molecule has 1 aromatic rings. The molecule has 0 aliphatic heterocycles. The molecule has 19 heavy (non-hydrogen) atoms. The van der Waals surface area contributed by atoms with Crippen molar-refractivity contribution >= 4 is 25.5 Å². The second-order valence-electron chi connectivity index (χ2n) is 4.10. The summed E-state index contributed by atoms with van der Waals surface area (Å²) >= 11 is 0. The third-order valence-electron chi connectivity index (χ3n) is 2.51. The standard InChI is InChI=1S/C10H17N3O4S2/c1-13(7-8-18(2,14)15)19(16,17)10-6-4-3-5-9(10)12-11/h3-6,12H,7-8,11H2,1-2H3. The molecule has 0 aliphatic rings. The van der Waals surface area contributed by atoms with Crippen molar-refractivity contribution in [2.24, 2.45) is 5.84 Å². The Morgan fingerprint density at radius 1 is 1.21 bits per heavy atom. The molecule has 0 aliphatic carbocycles. The molecule has 0 heterocycles. The van der Waals surface area contributed by atoms with Crippen LogP contribution in [-0.4, -0.2) is 46.7 Å². The molecule has 1 rings (SSSR count). The highest BCUT2D eigenvalue weighted by Crippen LogP contribution is 2.22. The Labute approximate surface area is 113 Å². The van der Waals surface area contributed by atoms with Crippen molar-refractivity contribution in [3.63, 3.8) is 0 Å². The first kappa shape index (κ1) is 15.9. The number of hydrogen-bond acceptors (Lipinski definition) is 6. The Kier molecular flexibility index (Phi) is 4.91. The lowest BCUT2D eigenvalue weighted by Crippen LogP contribution is -2.32. The fourth-order valence-electron chi connectivity index (χ4n) is 1.39. The largest absolute Gasteiger partial charge is 0.323 e. The predicted molar refractivity (Wildman–Crippen MR) is 73.8 cm³/mol. The van der Waals surface area contributed by atoms with Crippen LogP contribution in [0.4, 0.5) is 5.69 Å². The molecule has 0 bridgehead atoms. The monoisotopic (exact) mass is 307 g/mol. The number of nitrogens with two attached hydrogens (primary N) is 1. The number of sulfone groups is 1. The second kappa shape index (κ2) is 5.87. The van der Waals surface area contributed by atoms with E-state index in [0.29, 0.717) is 0 Å². The molecule has 1 aromatic carbocycles. The molecule has 0 amide bonds. The van der Waals surface area contributed by atoms with Gasteiger partial charge in [0, 0.05) is 19.8 Å². The lowest BCUT2D eigenvalue weighted by molar-refractivity contribution is 0.485. The van der Waals surface area contributed by atoms with E-state index >= 15 is 0 Å². The van der Waals surface area contributed by atoms with E-state index in [0.717, 1.165) is 10.6 Å². The highest BCUT2D eigenvalue weighted by atomic mass is 32.2.